The predicted octanol–water partition coefficient (Wildman–Crippen LogP) is 4.42. The van der Waals surface area contributed by atoms with Crippen LogP contribution < -0.4 is 5.32 Å². The third-order valence-corrected chi connectivity index (χ3v) is 4.05. The van der Waals surface area contributed by atoms with Gasteiger partial charge in [0.25, 0.3) is 0 Å². The van der Waals surface area contributed by atoms with E-state index in [1.807, 2.05) is 55.5 Å². The van der Waals surface area contributed by atoms with Gasteiger partial charge in [-0.2, -0.15) is 5.26 Å². The van der Waals surface area contributed by atoms with Crippen LogP contribution in [0.2, 0.25) is 0 Å². The molecule has 0 fully saturated rings. The van der Waals surface area contributed by atoms with Crippen LogP contribution in [0.3, 0.4) is 0 Å². The lowest BCUT2D eigenvalue weighted by Gasteiger charge is -2.14. The fraction of sp³-hybridized carbons (Fsp3) is 0.105. The number of anilines is 1. The highest BCUT2D eigenvalue weighted by molar-refractivity contribution is 6.05. The Labute approximate surface area is 138 Å². The molecule has 0 aliphatic carbocycles. The molecule has 0 saturated heterocycles. The fourth-order valence-corrected chi connectivity index (χ4v) is 2.76. The summed E-state index contributed by atoms with van der Waals surface area (Å²) in [5.74, 6) is 0.660. The number of hydrogen-bond donors (Lipinski definition) is 1. The maximum Gasteiger partial charge on any atom is 0.196 e. The molecule has 4 rings (SSSR count). The number of nitrogens with one attached hydrogen (secondary N) is 1. The molecule has 24 heavy (non-hydrogen) atoms. The summed E-state index contributed by atoms with van der Waals surface area (Å²) in [4.78, 5) is 8.68. The molecule has 4 aromatic rings. The minimum absolute atomic E-state index is 0.0176. The Balaban J connectivity index is 1.72. The Bertz CT molecular complexity index is 1060. The second kappa shape index (κ2) is 5.67. The second-order valence-electron chi connectivity index (χ2n) is 5.60. The third-order valence-electron chi connectivity index (χ3n) is 4.05. The zero-order chi connectivity index (χ0) is 16.5. The minimum atomic E-state index is 0.0176. The molecule has 2 aromatic carbocycles. The van der Waals surface area contributed by atoms with E-state index in [-0.39, 0.29) is 6.04 Å². The van der Waals surface area contributed by atoms with Gasteiger partial charge in [-0.25, -0.2) is 9.97 Å². The molecule has 0 bridgehead atoms. The Kier molecular flexibility index (Phi) is 3.36. The van der Waals surface area contributed by atoms with Crippen molar-refractivity contribution in [2.45, 2.75) is 13.0 Å². The Hall–Kier alpha value is -3.39. The molecule has 0 amide bonds. The van der Waals surface area contributed by atoms with Crippen molar-refractivity contribution in [3.63, 3.8) is 0 Å². The number of fused-ring (bicyclic) bond motifs is 3. The SMILES string of the molecule is CC(Nc1ncnc2c1oc1ccccc12)c1ccc(C#N)cc1. The predicted molar refractivity (Wildman–Crippen MR) is 92.5 cm³/mol. The first-order valence-electron chi connectivity index (χ1n) is 7.65. The van der Waals surface area contributed by atoms with Crippen molar-refractivity contribution in [3.05, 3.63) is 66.0 Å². The van der Waals surface area contributed by atoms with Gasteiger partial charge in [-0.15, -0.1) is 0 Å². The summed E-state index contributed by atoms with van der Waals surface area (Å²) in [6, 6.07) is 17.4. The summed E-state index contributed by atoms with van der Waals surface area (Å²) < 4.78 is 5.93. The van der Waals surface area contributed by atoms with Gasteiger partial charge in [0.1, 0.15) is 17.4 Å². The van der Waals surface area contributed by atoms with Crippen molar-refractivity contribution in [2.24, 2.45) is 0 Å². The number of rotatable bonds is 3. The van der Waals surface area contributed by atoms with Gasteiger partial charge in [0.15, 0.2) is 11.4 Å². The van der Waals surface area contributed by atoms with Crippen molar-refractivity contribution < 1.29 is 4.42 Å². The molecular weight excluding hydrogens is 300 g/mol. The molecule has 1 atom stereocenters. The van der Waals surface area contributed by atoms with Crippen molar-refractivity contribution >= 4 is 27.9 Å². The molecule has 5 heteroatoms. The number of hydrogen-bond acceptors (Lipinski definition) is 5. The van der Waals surface area contributed by atoms with E-state index in [1.54, 1.807) is 0 Å². The van der Waals surface area contributed by atoms with Crippen LogP contribution in [-0.2, 0) is 0 Å². The maximum atomic E-state index is 8.89. The Morgan fingerprint density at radius 3 is 2.67 bits per heavy atom. The standard InChI is InChI=1S/C19H14N4O/c1-12(14-8-6-13(10-20)7-9-14)23-19-18-17(21-11-22-19)15-4-2-3-5-16(15)24-18/h2-9,11-12H,1H3,(H,21,22,23). The summed E-state index contributed by atoms with van der Waals surface area (Å²) in [7, 11) is 0. The van der Waals surface area contributed by atoms with Crippen LogP contribution in [0.15, 0.2) is 59.3 Å². The molecule has 1 N–H and O–H groups in total. The first kappa shape index (κ1) is 14.2. The highest BCUT2D eigenvalue weighted by atomic mass is 16.3. The number of nitriles is 1. The average molecular weight is 314 g/mol. The molecule has 0 saturated carbocycles. The third kappa shape index (κ3) is 2.34. The van der Waals surface area contributed by atoms with E-state index in [1.165, 1.54) is 6.33 Å². The largest absolute Gasteiger partial charge is 0.450 e. The van der Waals surface area contributed by atoms with E-state index in [9.17, 15) is 0 Å². The number of aromatic nitrogens is 2. The number of furan rings is 1. The highest BCUT2D eigenvalue weighted by Gasteiger charge is 2.15. The van der Waals surface area contributed by atoms with E-state index in [4.69, 9.17) is 9.68 Å². The van der Waals surface area contributed by atoms with E-state index in [0.717, 1.165) is 22.0 Å². The highest BCUT2D eigenvalue weighted by Crippen LogP contribution is 2.31. The maximum absolute atomic E-state index is 8.89. The summed E-state index contributed by atoms with van der Waals surface area (Å²) in [6.07, 6.45) is 1.54. The van der Waals surface area contributed by atoms with Crippen LogP contribution in [-0.4, -0.2) is 9.97 Å². The molecule has 5 nitrogen and oxygen atoms in total. The molecular formula is C19H14N4O. The van der Waals surface area contributed by atoms with Gasteiger partial charge in [0.05, 0.1) is 17.7 Å². The summed E-state index contributed by atoms with van der Waals surface area (Å²) in [5, 5.41) is 13.2. The Morgan fingerprint density at radius 1 is 1.08 bits per heavy atom. The molecule has 0 radical (unpaired) electrons. The lowest BCUT2D eigenvalue weighted by molar-refractivity contribution is 0.665. The normalized spacial score (nSPS) is 12.2. The first-order valence-corrected chi connectivity index (χ1v) is 7.65. The second-order valence-corrected chi connectivity index (χ2v) is 5.60. The van der Waals surface area contributed by atoms with Gasteiger partial charge in [-0.1, -0.05) is 24.3 Å². The topological polar surface area (TPSA) is 74.7 Å². The lowest BCUT2D eigenvalue weighted by atomic mass is 10.1. The Morgan fingerprint density at radius 2 is 1.88 bits per heavy atom. The fourth-order valence-electron chi connectivity index (χ4n) is 2.76. The van der Waals surface area contributed by atoms with Crippen molar-refractivity contribution in [2.75, 3.05) is 5.32 Å². The van der Waals surface area contributed by atoms with E-state index < -0.39 is 0 Å². The lowest BCUT2D eigenvalue weighted by Crippen LogP contribution is -2.08. The van der Waals surface area contributed by atoms with Crippen LogP contribution in [0.25, 0.3) is 22.1 Å². The van der Waals surface area contributed by atoms with Crippen molar-refractivity contribution in [1.29, 1.82) is 5.26 Å². The van der Waals surface area contributed by atoms with Gasteiger partial charge < -0.3 is 9.73 Å². The van der Waals surface area contributed by atoms with Crippen LogP contribution in [0.4, 0.5) is 5.82 Å². The summed E-state index contributed by atoms with van der Waals surface area (Å²) in [5.41, 5.74) is 3.96. The van der Waals surface area contributed by atoms with Gasteiger partial charge >= 0.3 is 0 Å². The smallest absolute Gasteiger partial charge is 0.196 e. The molecule has 116 valence electrons. The average Bonchev–Trinajstić information content (AvgIpc) is 3.02. The quantitative estimate of drug-likeness (QED) is 0.606. The van der Waals surface area contributed by atoms with Gasteiger partial charge in [0, 0.05) is 5.39 Å². The van der Waals surface area contributed by atoms with E-state index in [0.29, 0.717) is 17.0 Å². The van der Waals surface area contributed by atoms with Crippen molar-refractivity contribution in [3.8, 4) is 6.07 Å². The molecule has 1 unspecified atom stereocenters. The van der Waals surface area contributed by atoms with Gasteiger partial charge in [-0.05, 0) is 36.8 Å². The monoisotopic (exact) mass is 314 g/mol. The van der Waals surface area contributed by atoms with Crippen LogP contribution in [0.1, 0.15) is 24.1 Å². The summed E-state index contributed by atoms with van der Waals surface area (Å²) >= 11 is 0. The molecule has 2 heterocycles. The van der Waals surface area contributed by atoms with Gasteiger partial charge in [0.2, 0.25) is 0 Å². The minimum Gasteiger partial charge on any atom is -0.450 e. The van der Waals surface area contributed by atoms with Gasteiger partial charge in [-0.3, -0.25) is 0 Å². The molecule has 0 aliphatic heterocycles. The van der Waals surface area contributed by atoms with Crippen LogP contribution >= 0.6 is 0 Å². The number of nitrogens with zero attached hydrogens (tertiary/aromatic N) is 3. The first-order chi connectivity index (χ1) is 11.8. The zero-order valence-corrected chi connectivity index (χ0v) is 13.0. The van der Waals surface area contributed by atoms with E-state index in [2.05, 4.69) is 21.4 Å². The molecule has 0 spiro atoms. The number of benzene rings is 2. The van der Waals surface area contributed by atoms with Crippen molar-refractivity contribution in [1.82, 2.24) is 9.97 Å². The van der Waals surface area contributed by atoms with Crippen LogP contribution in [0.5, 0.6) is 0 Å². The van der Waals surface area contributed by atoms with Crippen LogP contribution in [0, 0.1) is 11.3 Å². The van der Waals surface area contributed by atoms with E-state index >= 15 is 0 Å². The molecule has 2 aromatic heterocycles. The number of para-hydroxylation sites is 1. The zero-order valence-electron chi connectivity index (χ0n) is 13.0. The summed E-state index contributed by atoms with van der Waals surface area (Å²) in [6.45, 7) is 2.04. The molecule has 0 aliphatic rings.